The van der Waals surface area contributed by atoms with Crippen LogP contribution in [0.15, 0.2) is 60.7 Å². The Morgan fingerprint density at radius 2 is 1.67 bits per heavy atom. The highest BCUT2D eigenvalue weighted by molar-refractivity contribution is 5.76. The molecule has 0 unspecified atom stereocenters. The second-order valence-corrected chi connectivity index (χ2v) is 7.72. The van der Waals surface area contributed by atoms with Crippen molar-refractivity contribution in [3.05, 3.63) is 66.2 Å². The summed E-state index contributed by atoms with van der Waals surface area (Å²) in [6.07, 6.45) is 2.88. The number of hydrogen-bond acceptors (Lipinski definition) is 3. The minimum Gasteiger partial charge on any atom is -0.493 e. The lowest BCUT2D eigenvalue weighted by Gasteiger charge is -2.36. The van der Waals surface area contributed by atoms with E-state index in [0.717, 1.165) is 31.9 Å². The van der Waals surface area contributed by atoms with E-state index in [0.29, 0.717) is 25.0 Å². The molecule has 2 bridgehead atoms. The highest BCUT2D eigenvalue weighted by Crippen LogP contribution is 2.29. The summed E-state index contributed by atoms with van der Waals surface area (Å²) >= 11 is 0. The Balaban J connectivity index is 1.32. The van der Waals surface area contributed by atoms with Crippen LogP contribution in [0, 0.1) is 5.92 Å². The van der Waals surface area contributed by atoms with Crippen LogP contribution in [-0.4, -0.2) is 48.0 Å². The maximum atomic E-state index is 12.8. The van der Waals surface area contributed by atoms with Gasteiger partial charge in [0, 0.05) is 32.2 Å². The van der Waals surface area contributed by atoms with Crippen molar-refractivity contribution in [1.29, 1.82) is 0 Å². The van der Waals surface area contributed by atoms with Crippen LogP contribution in [0.1, 0.15) is 24.8 Å². The van der Waals surface area contributed by atoms with Crippen LogP contribution in [-0.2, 0) is 11.3 Å². The minimum atomic E-state index is 0.226. The fourth-order valence-electron chi connectivity index (χ4n) is 4.33. The quantitative estimate of drug-likeness (QED) is 0.785. The van der Waals surface area contributed by atoms with Gasteiger partial charge in [0.1, 0.15) is 5.75 Å². The Morgan fingerprint density at radius 1 is 0.926 bits per heavy atom. The van der Waals surface area contributed by atoms with Crippen LogP contribution in [0.3, 0.4) is 0 Å². The highest BCUT2D eigenvalue weighted by atomic mass is 16.5. The molecule has 27 heavy (non-hydrogen) atoms. The molecule has 4 nitrogen and oxygen atoms in total. The Morgan fingerprint density at radius 3 is 2.44 bits per heavy atom. The number of amides is 1. The van der Waals surface area contributed by atoms with Crippen molar-refractivity contribution in [2.75, 3.05) is 26.2 Å². The molecular formula is C23H28N2O2. The number of ether oxygens (including phenoxy) is 1. The van der Waals surface area contributed by atoms with Crippen molar-refractivity contribution in [3.63, 3.8) is 0 Å². The fourth-order valence-corrected chi connectivity index (χ4v) is 4.33. The van der Waals surface area contributed by atoms with Crippen molar-refractivity contribution in [2.24, 2.45) is 5.92 Å². The minimum absolute atomic E-state index is 0.226. The lowest BCUT2D eigenvalue weighted by molar-refractivity contribution is -0.132. The second-order valence-electron chi connectivity index (χ2n) is 7.72. The molecule has 2 aromatic carbocycles. The first-order valence-corrected chi connectivity index (χ1v) is 10.0. The summed E-state index contributed by atoms with van der Waals surface area (Å²) in [4.78, 5) is 17.4. The van der Waals surface area contributed by atoms with Crippen molar-refractivity contribution in [2.45, 2.75) is 31.8 Å². The Kier molecular flexibility index (Phi) is 5.73. The number of carbonyl (C=O) groups is 1. The van der Waals surface area contributed by atoms with Gasteiger partial charge in [0.15, 0.2) is 0 Å². The number of hydrogen-bond donors (Lipinski definition) is 0. The van der Waals surface area contributed by atoms with Crippen molar-refractivity contribution < 1.29 is 9.53 Å². The van der Waals surface area contributed by atoms with Gasteiger partial charge in [-0.05, 0) is 36.5 Å². The van der Waals surface area contributed by atoms with Gasteiger partial charge in [-0.25, -0.2) is 0 Å². The summed E-state index contributed by atoms with van der Waals surface area (Å²) in [5, 5.41) is 0. The first kappa shape index (κ1) is 18.1. The van der Waals surface area contributed by atoms with Gasteiger partial charge in [0.25, 0.3) is 0 Å². The van der Waals surface area contributed by atoms with Gasteiger partial charge >= 0.3 is 0 Å². The predicted octanol–water partition coefficient (Wildman–Crippen LogP) is 3.58. The SMILES string of the molecule is O=C(CCOc1ccccc1)N1C[C@@H]2CC[C@H](C1)N(Cc1ccccc1)C2. The van der Waals surface area contributed by atoms with Crippen molar-refractivity contribution in [1.82, 2.24) is 9.80 Å². The van der Waals surface area contributed by atoms with Gasteiger partial charge in [0.05, 0.1) is 13.0 Å². The largest absolute Gasteiger partial charge is 0.493 e. The lowest BCUT2D eigenvalue weighted by Crippen LogP contribution is -2.44. The molecule has 0 N–H and O–H groups in total. The Labute approximate surface area is 161 Å². The molecule has 3 saturated heterocycles. The monoisotopic (exact) mass is 364 g/mol. The molecule has 3 heterocycles. The van der Waals surface area contributed by atoms with Crippen LogP contribution in [0.2, 0.25) is 0 Å². The van der Waals surface area contributed by atoms with E-state index in [2.05, 4.69) is 40.1 Å². The maximum absolute atomic E-state index is 12.8. The zero-order chi connectivity index (χ0) is 18.5. The molecule has 0 aromatic heterocycles. The summed E-state index contributed by atoms with van der Waals surface area (Å²) in [7, 11) is 0. The van der Waals surface area contributed by atoms with Gasteiger partial charge in [0.2, 0.25) is 5.91 Å². The third-order valence-corrected chi connectivity index (χ3v) is 5.74. The van der Waals surface area contributed by atoms with E-state index in [1.165, 1.54) is 18.4 Å². The van der Waals surface area contributed by atoms with Crippen molar-refractivity contribution >= 4 is 5.91 Å². The number of carbonyl (C=O) groups excluding carboxylic acids is 1. The molecule has 4 heteroatoms. The van der Waals surface area contributed by atoms with E-state index in [1.807, 2.05) is 30.3 Å². The molecule has 3 aliphatic heterocycles. The molecule has 5 rings (SSSR count). The van der Waals surface area contributed by atoms with Crippen LogP contribution in [0.25, 0.3) is 0 Å². The molecule has 0 saturated carbocycles. The number of fused-ring (bicyclic) bond motifs is 4. The van der Waals surface area contributed by atoms with E-state index < -0.39 is 0 Å². The van der Waals surface area contributed by atoms with E-state index in [-0.39, 0.29) is 5.91 Å². The molecule has 2 atom stereocenters. The molecule has 1 amide bonds. The third-order valence-electron chi connectivity index (χ3n) is 5.74. The third kappa shape index (κ3) is 4.69. The van der Waals surface area contributed by atoms with E-state index >= 15 is 0 Å². The van der Waals surface area contributed by atoms with Crippen LogP contribution in [0.4, 0.5) is 0 Å². The molecule has 142 valence electrons. The summed E-state index contributed by atoms with van der Waals surface area (Å²) in [6.45, 7) is 4.28. The standard InChI is InChI=1S/C23H28N2O2/c26-23(13-14-27-22-9-5-2-6-10-22)25-17-20-11-12-21(18-25)24(16-20)15-19-7-3-1-4-8-19/h1-10,20-21H,11-18H2/t20-,21-/m1/s1. The first-order chi connectivity index (χ1) is 13.3. The van der Waals surface area contributed by atoms with E-state index in [9.17, 15) is 4.79 Å². The molecule has 0 radical (unpaired) electrons. The average molecular weight is 364 g/mol. The number of piperidine rings is 1. The topological polar surface area (TPSA) is 32.8 Å². The molecular weight excluding hydrogens is 336 g/mol. The zero-order valence-corrected chi connectivity index (χ0v) is 15.8. The van der Waals surface area contributed by atoms with E-state index in [1.54, 1.807) is 0 Å². The van der Waals surface area contributed by atoms with Gasteiger partial charge < -0.3 is 9.64 Å². The van der Waals surface area contributed by atoms with Crippen LogP contribution in [0.5, 0.6) is 5.75 Å². The zero-order valence-electron chi connectivity index (χ0n) is 15.8. The fraction of sp³-hybridized carbons (Fsp3) is 0.435. The Hall–Kier alpha value is -2.33. The summed E-state index contributed by atoms with van der Waals surface area (Å²) in [5.74, 6) is 1.64. The summed E-state index contributed by atoms with van der Waals surface area (Å²) < 4.78 is 5.71. The van der Waals surface area contributed by atoms with Crippen molar-refractivity contribution in [3.8, 4) is 5.75 Å². The normalized spacial score (nSPS) is 22.4. The van der Waals surface area contributed by atoms with Gasteiger partial charge in [-0.3, -0.25) is 9.69 Å². The lowest BCUT2D eigenvalue weighted by atomic mass is 9.94. The number of nitrogens with zero attached hydrogens (tertiary/aromatic N) is 2. The number of rotatable bonds is 6. The molecule has 3 fully saturated rings. The second kappa shape index (κ2) is 8.57. The smallest absolute Gasteiger partial charge is 0.226 e. The van der Waals surface area contributed by atoms with Gasteiger partial charge in [-0.1, -0.05) is 48.5 Å². The summed E-state index contributed by atoms with van der Waals surface area (Å²) in [6, 6.07) is 20.9. The van der Waals surface area contributed by atoms with Crippen LogP contribution >= 0.6 is 0 Å². The highest BCUT2D eigenvalue weighted by Gasteiger charge is 2.36. The molecule has 2 aromatic rings. The van der Waals surface area contributed by atoms with Gasteiger partial charge in [-0.15, -0.1) is 0 Å². The average Bonchev–Trinajstić information content (AvgIpc) is 3.02. The summed E-state index contributed by atoms with van der Waals surface area (Å²) in [5.41, 5.74) is 1.36. The Bertz CT molecular complexity index is 735. The first-order valence-electron chi connectivity index (χ1n) is 10.0. The molecule has 3 aliphatic rings. The molecule has 0 spiro atoms. The number of para-hydroxylation sites is 1. The predicted molar refractivity (Wildman–Crippen MR) is 106 cm³/mol. The maximum Gasteiger partial charge on any atom is 0.226 e. The van der Waals surface area contributed by atoms with Gasteiger partial charge in [-0.2, -0.15) is 0 Å². The molecule has 0 aliphatic carbocycles. The van der Waals surface area contributed by atoms with Crippen LogP contribution < -0.4 is 4.74 Å². The number of benzene rings is 2. The van der Waals surface area contributed by atoms with E-state index in [4.69, 9.17) is 4.74 Å².